The predicted octanol–water partition coefficient (Wildman–Crippen LogP) is 2.71. The van der Waals surface area contributed by atoms with Crippen LogP contribution < -0.4 is 5.32 Å². The SMILES string of the molecule is COC(=O)c1cc(NC(=O)Cc2c(C)nc3c(C)cccn23)cc(C(=O)OC)c1. The van der Waals surface area contributed by atoms with Crippen molar-refractivity contribution >= 4 is 29.2 Å². The van der Waals surface area contributed by atoms with E-state index in [2.05, 4.69) is 10.3 Å². The molecule has 150 valence electrons. The number of esters is 2. The van der Waals surface area contributed by atoms with Gasteiger partial charge in [0, 0.05) is 11.9 Å². The van der Waals surface area contributed by atoms with Crippen LogP contribution in [-0.4, -0.2) is 41.5 Å². The topological polar surface area (TPSA) is 99.0 Å². The van der Waals surface area contributed by atoms with Crippen LogP contribution in [-0.2, 0) is 20.7 Å². The first-order valence-corrected chi connectivity index (χ1v) is 8.88. The molecule has 0 aliphatic heterocycles. The van der Waals surface area contributed by atoms with Gasteiger partial charge in [0.15, 0.2) is 0 Å². The maximum Gasteiger partial charge on any atom is 0.337 e. The third kappa shape index (κ3) is 4.11. The Balaban J connectivity index is 1.89. The van der Waals surface area contributed by atoms with E-state index >= 15 is 0 Å². The molecule has 2 heterocycles. The van der Waals surface area contributed by atoms with E-state index in [-0.39, 0.29) is 23.5 Å². The second-order valence-electron chi connectivity index (χ2n) is 6.54. The average Bonchev–Trinajstić information content (AvgIpc) is 3.03. The summed E-state index contributed by atoms with van der Waals surface area (Å²) in [6, 6.07) is 8.10. The van der Waals surface area contributed by atoms with Crippen LogP contribution in [0.1, 0.15) is 37.7 Å². The number of nitrogens with one attached hydrogen (secondary N) is 1. The number of carbonyl (C=O) groups excluding carboxylic acids is 3. The van der Waals surface area contributed by atoms with Crippen molar-refractivity contribution in [3.05, 3.63) is 64.6 Å². The minimum Gasteiger partial charge on any atom is -0.465 e. The van der Waals surface area contributed by atoms with Gasteiger partial charge in [0.2, 0.25) is 5.91 Å². The lowest BCUT2D eigenvalue weighted by molar-refractivity contribution is -0.115. The molecular formula is C21H21N3O5. The molecule has 0 fully saturated rings. The zero-order valence-electron chi connectivity index (χ0n) is 16.6. The van der Waals surface area contributed by atoms with Gasteiger partial charge in [-0.15, -0.1) is 0 Å². The molecule has 0 aliphatic rings. The zero-order chi connectivity index (χ0) is 21.1. The Morgan fingerprint density at radius 2 is 1.66 bits per heavy atom. The van der Waals surface area contributed by atoms with Gasteiger partial charge in [0.25, 0.3) is 0 Å². The molecule has 0 aliphatic carbocycles. The largest absolute Gasteiger partial charge is 0.465 e. The van der Waals surface area contributed by atoms with E-state index in [0.29, 0.717) is 5.69 Å². The number of methoxy groups -OCH3 is 2. The van der Waals surface area contributed by atoms with E-state index in [0.717, 1.165) is 22.6 Å². The molecule has 1 aromatic carbocycles. The van der Waals surface area contributed by atoms with Crippen molar-refractivity contribution in [3.63, 3.8) is 0 Å². The Bertz CT molecular complexity index is 1080. The smallest absolute Gasteiger partial charge is 0.337 e. The van der Waals surface area contributed by atoms with Gasteiger partial charge in [-0.2, -0.15) is 0 Å². The number of aromatic nitrogens is 2. The van der Waals surface area contributed by atoms with Crippen molar-refractivity contribution in [1.29, 1.82) is 0 Å². The van der Waals surface area contributed by atoms with Crippen LogP contribution in [0.4, 0.5) is 5.69 Å². The number of hydrogen-bond acceptors (Lipinski definition) is 6. The highest BCUT2D eigenvalue weighted by molar-refractivity contribution is 5.99. The van der Waals surface area contributed by atoms with Crippen LogP contribution in [0.5, 0.6) is 0 Å². The molecule has 0 saturated heterocycles. The molecule has 1 N–H and O–H groups in total. The molecular weight excluding hydrogens is 374 g/mol. The fourth-order valence-electron chi connectivity index (χ4n) is 3.11. The van der Waals surface area contributed by atoms with Crippen LogP contribution in [0.3, 0.4) is 0 Å². The number of aryl methyl sites for hydroxylation is 2. The summed E-state index contributed by atoms with van der Waals surface area (Å²) in [5.74, 6) is -1.56. The van der Waals surface area contributed by atoms with E-state index in [9.17, 15) is 14.4 Å². The van der Waals surface area contributed by atoms with E-state index < -0.39 is 11.9 Å². The van der Waals surface area contributed by atoms with Crippen molar-refractivity contribution < 1.29 is 23.9 Å². The van der Waals surface area contributed by atoms with E-state index in [4.69, 9.17) is 9.47 Å². The summed E-state index contributed by atoms with van der Waals surface area (Å²) in [7, 11) is 2.47. The number of carbonyl (C=O) groups is 3. The third-order valence-corrected chi connectivity index (χ3v) is 4.53. The molecule has 0 saturated carbocycles. The van der Waals surface area contributed by atoms with Gasteiger partial charge in [-0.25, -0.2) is 14.6 Å². The van der Waals surface area contributed by atoms with Gasteiger partial charge in [0.05, 0.1) is 43.2 Å². The summed E-state index contributed by atoms with van der Waals surface area (Å²) in [5, 5.41) is 2.73. The van der Waals surface area contributed by atoms with E-state index in [1.165, 1.54) is 32.4 Å². The monoisotopic (exact) mass is 395 g/mol. The minimum absolute atomic E-state index is 0.0759. The zero-order valence-corrected chi connectivity index (χ0v) is 16.6. The van der Waals surface area contributed by atoms with Crippen LogP contribution in [0.15, 0.2) is 36.5 Å². The maximum absolute atomic E-state index is 12.7. The van der Waals surface area contributed by atoms with Crippen LogP contribution in [0.2, 0.25) is 0 Å². The van der Waals surface area contributed by atoms with Crippen LogP contribution in [0, 0.1) is 13.8 Å². The molecule has 8 nitrogen and oxygen atoms in total. The molecule has 1 amide bonds. The Morgan fingerprint density at radius 1 is 1.03 bits per heavy atom. The summed E-state index contributed by atoms with van der Waals surface area (Å²) in [4.78, 5) is 41.0. The quantitative estimate of drug-likeness (QED) is 0.667. The highest BCUT2D eigenvalue weighted by atomic mass is 16.5. The molecule has 3 aromatic rings. The van der Waals surface area contributed by atoms with Crippen molar-refractivity contribution in [2.75, 3.05) is 19.5 Å². The molecule has 0 atom stereocenters. The van der Waals surface area contributed by atoms with E-state index in [1.54, 1.807) is 0 Å². The Hall–Kier alpha value is -3.68. The Morgan fingerprint density at radius 3 is 2.24 bits per heavy atom. The summed E-state index contributed by atoms with van der Waals surface area (Å²) in [5.41, 5.74) is 3.89. The number of fused-ring (bicyclic) bond motifs is 1. The van der Waals surface area contributed by atoms with Crippen molar-refractivity contribution in [2.24, 2.45) is 0 Å². The molecule has 29 heavy (non-hydrogen) atoms. The maximum atomic E-state index is 12.7. The number of benzene rings is 1. The second kappa shape index (κ2) is 8.14. The number of amides is 1. The highest BCUT2D eigenvalue weighted by Gasteiger charge is 2.17. The summed E-state index contributed by atoms with van der Waals surface area (Å²) in [6.45, 7) is 3.81. The van der Waals surface area contributed by atoms with Crippen LogP contribution in [0.25, 0.3) is 5.65 Å². The van der Waals surface area contributed by atoms with Gasteiger partial charge in [-0.1, -0.05) is 6.07 Å². The van der Waals surface area contributed by atoms with Crippen molar-refractivity contribution in [2.45, 2.75) is 20.3 Å². The molecule has 0 radical (unpaired) electrons. The normalized spacial score (nSPS) is 10.6. The standard InChI is InChI=1S/C21H21N3O5/c1-12-6-5-7-24-17(13(2)22-19(12)24)11-18(25)23-16-9-14(20(26)28-3)8-15(10-16)21(27)29-4/h5-10H,11H2,1-4H3,(H,23,25). The predicted molar refractivity (Wildman–Crippen MR) is 106 cm³/mol. The number of imidazole rings is 1. The van der Waals surface area contributed by atoms with Gasteiger partial charge >= 0.3 is 11.9 Å². The fraction of sp³-hybridized carbons (Fsp3) is 0.238. The Kier molecular flexibility index (Phi) is 5.63. The number of rotatable bonds is 5. The average molecular weight is 395 g/mol. The summed E-state index contributed by atoms with van der Waals surface area (Å²) < 4.78 is 11.3. The lowest BCUT2D eigenvalue weighted by atomic mass is 10.1. The number of pyridine rings is 1. The molecule has 3 rings (SSSR count). The van der Waals surface area contributed by atoms with Crippen molar-refractivity contribution in [1.82, 2.24) is 9.38 Å². The molecule has 0 spiro atoms. The highest BCUT2D eigenvalue weighted by Crippen LogP contribution is 2.19. The fourth-order valence-corrected chi connectivity index (χ4v) is 3.11. The molecule has 8 heteroatoms. The molecule has 0 unspecified atom stereocenters. The molecule has 0 bridgehead atoms. The number of nitrogens with zero attached hydrogens (tertiary/aromatic N) is 2. The summed E-state index contributed by atoms with van der Waals surface area (Å²) >= 11 is 0. The van der Waals surface area contributed by atoms with E-state index in [1.807, 2.05) is 36.6 Å². The summed E-state index contributed by atoms with van der Waals surface area (Å²) in [6.07, 6.45) is 1.94. The van der Waals surface area contributed by atoms with Crippen molar-refractivity contribution in [3.8, 4) is 0 Å². The third-order valence-electron chi connectivity index (χ3n) is 4.53. The number of anilines is 1. The first-order valence-electron chi connectivity index (χ1n) is 8.88. The minimum atomic E-state index is -0.626. The lowest BCUT2D eigenvalue weighted by Gasteiger charge is -2.10. The number of ether oxygens (including phenoxy) is 2. The van der Waals surface area contributed by atoms with Crippen LogP contribution >= 0.6 is 0 Å². The number of hydrogen-bond donors (Lipinski definition) is 1. The first kappa shape index (κ1) is 20.1. The molecule has 2 aromatic heterocycles. The lowest BCUT2D eigenvalue weighted by Crippen LogP contribution is -2.17. The first-order chi connectivity index (χ1) is 13.8. The Labute approximate surface area is 167 Å². The van der Waals surface area contributed by atoms with Gasteiger partial charge in [-0.05, 0) is 43.7 Å². The van der Waals surface area contributed by atoms with Gasteiger partial charge < -0.3 is 19.2 Å². The van der Waals surface area contributed by atoms with Gasteiger partial charge in [0.1, 0.15) is 5.65 Å². The van der Waals surface area contributed by atoms with Gasteiger partial charge in [-0.3, -0.25) is 4.79 Å². The second-order valence-corrected chi connectivity index (χ2v) is 6.54.